The molecule has 1 atom stereocenters. The van der Waals surface area contributed by atoms with Crippen LogP contribution in [-0.4, -0.2) is 54.2 Å². The first-order valence-electron chi connectivity index (χ1n) is 7.42. The second kappa shape index (κ2) is 8.37. The first-order valence-corrected chi connectivity index (χ1v) is 19.3. The van der Waals surface area contributed by atoms with Crippen LogP contribution in [0.25, 0.3) is 0 Å². The highest BCUT2D eigenvalue weighted by Gasteiger charge is 2.42. The molecule has 0 fully saturated rings. The van der Waals surface area contributed by atoms with E-state index >= 15 is 0 Å². The van der Waals surface area contributed by atoms with Gasteiger partial charge in [-0.15, -0.1) is 0 Å². The van der Waals surface area contributed by atoms with Gasteiger partial charge in [0.05, 0.1) is 8.80 Å². The van der Waals surface area contributed by atoms with Crippen molar-refractivity contribution in [3.63, 3.8) is 0 Å². The van der Waals surface area contributed by atoms with Crippen molar-refractivity contribution in [2.45, 2.75) is 58.4 Å². The molecule has 0 N–H and O–H groups in total. The van der Waals surface area contributed by atoms with Crippen molar-refractivity contribution < 1.29 is 17.4 Å². The van der Waals surface area contributed by atoms with Gasteiger partial charge in [-0.2, -0.15) is 0 Å². The number of hydrogen-bond donors (Lipinski definition) is 0. The van der Waals surface area contributed by atoms with Gasteiger partial charge >= 0.3 is 17.1 Å². The lowest BCUT2D eigenvalue weighted by atomic mass is 10.9. The Morgan fingerprint density at radius 3 is 1.85 bits per heavy atom. The molecule has 0 aromatic carbocycles. The highest BCUT2D eigenvalue weighted by atomic mass is 28.5. The predicted molar refractivity (Wildman–Crippen MR) is 96.1 cm³/mol. The summed E-state index contributed by atoms with van der Waals surface area (Å²) in [5.74, 6) is 0. The van der Waals surface area contributed by atoms with E-state index in [4.69, 9.17) is 17.4 Å². The largest absolute Gasteiger partial charge is 0.437 e. The van der Waals surface area contributed by atoms with Gasteiger partial charge in [-0.25, -0.2) is 0 Å². The van der Waals surface area contributed by atoms with Gasteiger partial charge in [0.2, 0.25) is 0 Å². The molecule has 0 aliphatic rings. The SMILES string of the molecule is COCC[Si](C)(O[Si](C)(C)C)O[Si](C)(C)OC[SiH](C)C. The lowest BCUT2D eigenvalue weighted by molar-refractivity contribution is 0.200. The van der Waals surface area contributed by atoms with Gasteiger partial charge in [0.1, 0.15) is 0 Å². The molecule has 0 heterocycles. The van der Waals surface area contributed by atoms with Crippen LogP contribution in [0.3, 0.4) is 0 Å². The van der Waals surface area contributed by atoms with Gasteiger partial charge in [0.15, 0.2) is 8.32 Å². The average Bonchev–Trinajstić information content (AvgIpc) is 2.20. The van der Waals surface area contributed by atoms with E-state index in [1.807, 2.05) is 0 Å². The van der Waals surface area contributed by atoms with Crippen molar-refractivity contribution in [3.8, 4) is 0 Å². The Kier molecular flexibility index (Phi) is 8.67. The summed E-state index contributed by atoms with van der Waals surface area (Å²) in [6, 6.07) is 0.868. The van der Waals surface area contributed by atoms with E-state index in [1.165, 1.54) is 0 Å². The summed E-state index contributed by atoms with van der Waals surface area (Å²) in [6.07, 6.45) is 0.890. The van der Waals surface area contributed by atoms with Crippen molar-refractivity contribution in [1.82, 2.24) is 0 Å². The number of hydrogen-bond acceptors (Lipinski definition) is 4. The van der Waals surface area contributed by atoms with Crippen LogP contribution in [0.15, 0.2) is 0 Å². The first-order chi connectivity index (χ1) is 8.89. The standard InChI is InChI=1S/C12H34O4Si4/c1-13-10-11-20(9,15-18(4,5)6)16-19(7,8)14-12-17(2)3/h17H,10-12H2,1-9H3. The second-order valence-corrected chi connectivity index (χ2v) is 22.1. The molecule has 0 rings (SSSR count). The molecule has 0 aliphatic carbocycles. The number of methoxy groups -OCH3 is 1. The third-order valence-electron chi connectivity index (χ3n) is 2.51. The zero-order valence-electron chi connectivity index (χ0n) is 14.8. The quantitative estimate of drug-likeness (QED) is 0.564. The molecule has 122 valence electrons. The third-order valence-corrected chi connectivity index (χ3v) is 13.5. The fourth-order valence-electron chi connectivity index (χ4n) is 1.97. The summed E-state index contributed by atoms with van der Waals surface area (Å²) in [7, 11) is -4.95. The van der Waals surface area contributed by atoms with Gasteiger partial charge in [-0.1, -0.05) is 13.1 Å². The topological polar surface area (TPSA) is 36.9 Å². The molecule has 0 amide bonds. The maximum Gasteiger partial charge on any atom is 0.322 e. The molecule has 0 bridgehead atoms. The summed E-state index contributed by atoms with van der Waals surface area (Å²) in [6.45, 7) is 18.4. The van der Waals surface area contributed by atoms with E-state index in [9.17, 15) is 0 Å². The molecule has 1 unspecified atom stereocenters. The van der Waals surface area contributed by atoms with E-state index in [0.29, 0.717) is 6.61 Å². The molecule has 8 heteroatoms. The zero-order chi connectivity index (χ0) is 16.0. The number of ether oxygens (including phenoxy) is 1. The van der Waals surface area contributed by atoms with Crippen LogP contribution >= 0.6 is 0 Å². The van der Waals surface area contributed by atoms with Crippen LogP contribution in [0.2, 0.25) is 58.4 Å². The van der Waals surface area contributed by atoms with E-state index in [-0.39, 0.29) is 0 Å². The molecular formula is C12H34O4Si4. The van der Waals surface area contributed by atoms with Crippen molar-refractivity contribution in [2.24, 2.45) is 0 Å². The predicted octanol–water partition coefficient (Wildman–Crippen LogP) is 3.32. The second-order valence-electron chi connectivity index (χ2n) is 7.30. The van der Waals surface area contributed by atoms with E-state index in [0.717, 1.165) is 12.3 Å². The van der Waals surface area contributed by atoms with Crippen molar-refractivity contribution >= 4 is 34.2 Å². The number of rotatable bonds is 10. The van der Waals surface area contributed by atoms with E-state index in [1.54, 1.807) is 7.11 Å². The Hall–Kier alpha value is 0.708. The molecule has 0 aromatic heterocycles. The highest BCUT2D eigenvalue weighted by Crippen LogP contribution is 2.24. The van der Waals surface area contributed by atoms with Crippen molar-refractivity contribution in [3.05, 3.63) is 0 Å². The Labute approximate surface area is 130 Å². The summed E-state index contributed by atoms with van der Waals surface area (Å²) in [5, 5.41) is 0. The van der Waals surface area contributed by atoms with Gasteiger partial charge in [0.25, 0.3) is 0 Å². The van der Waals surface area contributed by atoms with Crippen LogP contribution in [-0.2, 0) is 17.4 Å². The average molecular weight is 355 g/mol. The Morgan fingerprint density at radius 2 is 1.45 bits per heavy atom. The Bertz CT molecular complexity index is 281. The minimum Gasteiger partial charge on any atom is -0.437 e. The zero-order valence-corrected chi connectivity index (χ0v) is 19.0. The normalized spacial score (nSPS) is 16.5. The Balaban J connectivity index is 4.77. The third kappa shape index (κ3) is 10.4. The van der Waals surface area contributed by atoms with Crippen molar-refractivity contribution in [1.29, 1.82) is 0 Å². The van der Waals surface area contributed by atoms with Gasteiger partial charge in [-0.3, -0.25) is 0 Å². The molecule has 20 heavy (non-hydrogen) atoms. The smallest absolute Gasteiger partial charge is 0.322 e. The fraction of sp³-hybridized carbons (Fsp3) is 1.00. The van der Waals surface area contributed by atoms with Crippen LogP contribution in [0, 0.1) is 0 Å². The minimum absolute atomic E-state index is 0.691. The Morgan fingerprint density at radius 1 is 0.900 bits per heavy atom. The molecule has 0 radical (unpaired) electrons. The van der Waals surface area contributed by atoms with Gasteiger partial charge in [0, 0.05) is 26.0 Å². The van der Waals surface area contributed by atoms with Crippen LogP contribution in [0.4, 0.5) is 0 Å². The van der Waals surface area contributed by atoms with Crippen molar-refractivity contribution in [2.75, 3.05) is 19.9 Å². The van der Waals surface area contributed by atoms with Gasteiger partial charge < -0.3 is 17.4 Å². The maximum atomic E-state index is 6.46. The molecule has 0 aliphatic heterocycles. The summed E-state index contributed by atoms with van der Waals surface area (Å²) in [5.41, 5.74) is 0. The van der Waals surface area contributed by atoms with Gasteiger partial charge in [-0.05, 0) is 39.3 Å². The summed E-state index contributed by atoms with van der Waals surface area (Å²) in [4.78, 5) is 0. The molecular weight excluding hydrogens is 320 g/mol. The summed E-state index contributed by atoms with van der Waals surface area (Å²) < 4.78 is 24.2. The lowest BCUT2D eigenvalue weighted by Crippen LogP contribution is -2.55. The molecule has 0 saturated carbocycles. The molecule has 0 aromatic rings. The molecule has 0 saturated heterocycles. The van der Waals surface area contributed by atoms with Crippen LogP contribution in [0.1, 0.15) is 0 Å². The fourth-order valence-corrected chi connectivity index (χ4v) is 16.4. The maximum absolute atomic E-state index is 6.46. The lowest BCUT2D eigenvalue weighted by Gasteiger charge is -2.39. The van der Waals surface area contributed by atoms with Crippen LogP contribution in [0.5, 0.6) is 0 Å². The first kappa shape index (κ1) is 20.7. The van der Waals surface area contributed by atoms with E-state index in [2.05, 4.69) is 52.4 Å². The highest BCUT2D eigenvalue weighted by molar-refractivity contribution is 6.86. The molecule has 0 spiro atoms. The van der Waals surface area contributed by atoms with Crippen LogP contribution < -0.4 is 0 Å². The minimum atomic E-state index is -2.22. The molecule has 4 nitrogen and oxygen atoms in total. The monoisotopic (exact) mass is 354 g/mol. The summed E-state index contributed by atoms with van der Waals surface area (Å²) >= 11 is 0. The van der Waals surface area contributed by atoms with E-state index < -0.39 is 34.2 Å².